The van der Waals surface area contributed by atoms with Crippen LogP contribution < -0.4 is 5.32 Å². The molecule has 0 saturated heterocycles. The molecule has 0 aliphatic heterocycles. The van der Waals surface area contributed by atoms with Crippen LogP contribution in [0.15, 0.2) is 24.5 Å². The van der Waals surface area contributed by atoms with Crippen molar-refractivity contribution in [3.8, 4) is 0 Å². The summed E-state index contributed by atoms with van der Waals surface area (Å²) in [5.41, 5.74) is 1.40. The maximum atomic E-state index is 4.06. The normalized spacial score (nSPS) is 14.5. The zero-order chi connectivity index (χ0) is 12.5. The second-order valence-corrected chi connectivity index (χ2v) is 4.84. The Morgan fingerprint density at radius 1 is 1.24 bits per heavy atom. The SMILES string of the molecule is CCCNC(CCc1ccncc1)C(C)CC. The van der Waals surface area contributed by atoms with Crippen molar-refractivity contribution < 1.29 is 0 Å². The van der Waals surface area contributed by atoms with Gasteiger partial charge < -0.3 is 5.32 Å². The van der Waals surface area contributed by atoms with Crippen LogP contribution in [0.4, 0.5) is 0 Å². The van der Waals surface area contributed by atoms with E-state index in [1.165, 1.54) is 24.8 Å². The number of rotatable bonds is 8. The standard InChI is InChI=1S/C15H26N2/c1-4-10-17-15(13(3)5-2)7-6-14-8-11-16-12-9-14/h8-9,11-13,15,17H,4-7,10H2,1-3H3. The Hall–Kier alpha value is -0.890. The molecule has 0 bridgehead atoms. The van der Waals surface area contributed by atoms with Crippen molar-refractivity contribution >= 4 is 0 Å². The highest BCUT2D eigenvalue weighted by Crippen LogP contribution is 2.14. The molecular formula is C15H26N2. The maximum Gasteiger partial charge on any atom is 0.0270 e. The van der Waals surface area contributed by atoms with E-state index in [0.29, 0.717) is 6.04 Å². The molecule has 1 aromatic heterocycles. The summed E-state index contributed by atoms with van der Waals surface area (Å²) in [7, 11) is 0. The fourth-order valence-corrected chi connectivity index (χ4v) is 2.07. The van der Waals surface area contributed by atoms with Gasteiger partial charge in [-0.1, -0.05) is 27.2 Å². The second kappa shape index (κ2) is 8.24. The van der Waals surface area contributed by atoms with Crippen molar-refractivity contribution in [2.45, 2.75) is 52.5 Å². The molecule has 0 amide bonds. The molecule has 17 heavy (non-hydrogen) atoms. The molecule has 2 atom stereocenters. The van der Waals surface area contributed by atoms with Crippen LogP contribution in [0.1, 0.15) is 45.6 Å². The Labute approximate surface area is 106 Å². The first-order valence-corrected chi connectivity index (χ1v) is 6.90. The Balaban J connectivity index is 2.43. The van der Waals surface area contributed by atoms with E-state index >= 15 is 0 Å². The van der Waals surface area contributed by atoms with Gasteiger partial charge in [-0.25, -0.2) is 0 Å². The van der Waals surface area contributed by atoms with Gasteiger partial charge >= 0.3 is 0 Å². The predicted molar refractivity (Wildman–Crippen MR) is 74.1 cm³/mol. The minimum absolute atomic E-state index is 0.646. The highest BCUT2D eigenvalue weighted by atomic mass is 14.9. The predicted octanol–water partition coefficient (Wildman–Crippen LogP) is 3.43. The van der Waals surface area contributed by atoms with Crippen molar-refractivity contribution in [3.63, 3.8) is 0 Å². The fraction of sp³-hybridized carbons (Fsp3) is 0.667. The van der Waals surface area contributed by atoms with Crippen LogP contribution >= 0.6 is 0 Å². The molecule has 0 aromatic carbocycles. The van der Waals surface area contributed by atoms with Crippen molar-refractivity contribution in [2.24, 2.45) is 5.92 Å². The summed E-state index contributed by atoms with van der Waals surface area (Å²) in [6.07, 6.45) is 8.59. The molecule has 0 aliphatic rings. The summed E-state index contributed by atoms with van der Waals surface area (Å²) in [5, 5.41) is 3.67. The lowest BCUT2D eigenvalue weighted by atomic mass is 9.93. The molecule has 96 valence electrons. The minimum atomic E-state index is 0.646. The van der Waals surface area contributed by atoms with E-state index in [4.69, 9.17) is 0 Å². The third-order valence-corrected chi connectivity index (χ3v) is 3.48. The van der Waals surface area contributed by atoms with Gasteiger partial charge in [-0.3, -0.25) is 4.98 Å². The highest BCUT2D eigenvalue weighted by Gasteiger charge is 2.14. The number of hydrogen-bond donors (Lipinski definition) is 1. The van der Waals surface area contributed by atoms with Crippen molar-refractivity contribution in [1.82, 2.24) is 10.3 Å². The molecule has 1 heterocycles. The zero-order valence-corrected chi connectivity index (χ0v) is 11.4. The van der Waals surface area contributed by atoms with Gasteiger partial charge in [-0.05, 0) is 49.4 Å². The van der Waals surface area contributed by atoms with Crippen molar-refractivity contribution in [3.05, 3.63) is 30.1 Å². The smallest absolute Gasteiger partial charge is 0.0270 e. The fourth-order valence-electron chi connectivity index (χ4n) is 2.07. The summed E-state index contributed by atoms with van der Waals surface area (Å²) in [4.78, 5) is 4.06. The second-order valence-electron chi connectivity index (χ2n) is 4.84. The van der Waals surface area contributed by atoms with Crippen LogP contribution in [0.25, 0.3) is 0 Å². The monoisotopic (exact) mass is 234 g/mol. The molecule has 0 fully saturated rings. The van der Waals surface area contributed by atoms with E-state index in [9.17, 15) is 0 Å². The number of hydrogen-bond acceptors (Lipinski definition) is 2. The van der Waals surface area contributed by atoms with Gasteiger partial charge in [-0.2, -0.15) is 0 Å². The average Bonchev–Trinajstić information content (AvgIpc) is 2.39. The highest BCUT2D eigenvalue weighted by molar-refractivity contribution is 5.09. The van der Waals surface area contributed by atoms with Crippen LogP contribution in [0.5, 0.6) is 0 Å². The summed E-state index contributed by atoms with van der Waals surface area (Å²) >= 11 is 0. The first-order valence-electron chi connectivity index (χ1n) is 6.90. The minimum Gasteiger partial charge on any atom is -0.314 e. The molecule has 1 aromatic rings. The van der Waals surface area contributed by atoms with E-state index in [1.807, 2.05) is 12.4 Å². The number of nitrogens with one attached hydrogen (secondary N) is 1. The van der Waals surface area contributed by atoms with Crippen molar-refractivity contribution in [2.75, 3.05) is 6.54 Å². The Bertz CT molecular complexity index is 284. The summed E-state index contributed by atoms with van der Waals surface area (Å²) in [6.45, 7) is 7.98. The largest absolute Gasteiger partial charge is 0.314 e. The number of nitrogens with zero attached hydrogens (tertiary/aromatic N) is 1. The van der Waals surface area contributed by atoms with Gasteiger partial charge in [0.2, 0.25) is 0 Å². The van der Waals surface area contributed by atoms with Crippen LogP contribution in [-0.2, 0) is 6.42 Å². The molecule has 2 heteroatoms. The quantitative estimate of drug-likeness (QED) is 0.745. The molecule has 0 spiro atoms. The number of aryl methyl sites for hydroxylation is 1. The van der Waals surface area contributed by atoms with E-state index in [-0.39, 0.29) is 0 Å². The summed E-state index contributed by atoms with van der Waals surface area (Å²) in [6, 6.07) is 4.88. The zero-order valence-electron chi connectivity index (χ0n) is 11.4. The Kier molecular flexibility index (Phi) is 6.87. The molecule has 0 radical (unpaired) electrons. The van der Waals surface area contributed by atoms with Gasteiger partial charge in [0.15, 0.2) is 0 Å². The van der Waals surface area contributed by atoms with Gasteiger partial charge in [0.05, 0.1) is 0 Å². The molecular weight excluding hydrogens is 208 g/mol. The third-order valence-electron chi connectivity index (χ3n) is 3.48. The van der Waals surface area contributed by atoms with Crippen LogP contribution in [0.3, 0.4) is 0 Å². The lowest BCUT2D eigenvalue weighted by molar-refractivity contribution is 0.348. The third kappa shape index (κ3) is 5.31. The van der Waals surface area contributed by atoms with Gasteiger partial charge in [0.1, 0.15) is 0 Å². The number of pyridine rings is 1. The molecule has 0 aliphatic carbocycles. The lowest BCUT2D eigenvalue weighted by Crippen LogP contribution is -2.35. The van der Waals surface area contributed by atoms with Gasteiger partial charge in [0, 0.05) is 18.4 Å². The molecule has 2 nitrogen and oxygen atoms in total. The topological polar surface area (TPSA) is 24.9 Å². The maximum absolute atomic E-state index is 4.06. The van der Waals surface area contributed by atoms with Gasteiger partial charge in [-0.15, -0.1) is 0 Å². The first-order chi connectivity index (χ1) is 8.27. The van der Waals surface area contributed by atoms with Crippen LogP contribution in [0, 0.1) is 5.92 Å². The Morgan fingerprint density at radius 3 is 2.53 bits per heavy atom. The summed E-state index contributed by atoms with van der Waals surface area (Å²) < 4.78 is 0. The van der Waals surface area contributed by atoms with Crippen LogP contribution in [0.2, 0.25) is 0 Å². The van der Waals surface area contributed by atoms with Crippen LogP contribution in [-0.4, -0.2) is 17.6 Å². The first kappa shape index (κ1) is 14.2. The lowest BCUT2D eigenvalue weighted by Gasteiger charge is -2.24. The van der Waals surface area contributed by atoms with Crippen molar-refractivity contribution in [1.29, 1.82) is 0 Å². The molecule has 1 rings (SSSR count). The van der Waals surface area contributed by atoms with E-state index in [0.717, 1.165) is 18.9 Å². The Morgan fingerprint density at radius 2 is 1.94 bits per heavy atom. The molecule has 2 unspecified atom stereocenters. The number of aromatic nitrogens is 1. The molecule has 1 N–H and O–H groups in total. The average molecular weight is 234 g/mol. The van der Waals surface area contributed by atoms with E-state index in [1.54, 1.807) is 0 Å². The molecule has 0 saturated carbocycles. The van der Waals surface area contributed by atoms with Gasteiger partial charge in [0.25, 0.3) is 0 Å². The summed E-state index contributed by atoms with van der Waals surface area (Å²) in [5.74, 6) is 0.753. The van der Waals surface area contributed by atoms with E-state index in [2.05, 4.69) is 43.2 Å². The van der Waals surface area contributed by atoms with E-state index < -0.39 is 0 Å².